The van der Waals surface area contributed by atoms with Gasteiger partial charge in [-0.1, -0.05) is 43.0 Å². The van der Waals surface area contributed by atoms with Gasteiger partial charge >= 0.3 is 0 Å². The summed E-state index contributed by atoms with van der Waals surface area (Å²) in [6.45, 7) is 0. The topological polar surface area (TPSA) is 52.0 Å². The molecule has 1 heterocycles. The number of nitrogens with zero attached hydrogens (tertiary/aromatic N) is 1. The number of aromatic nitrogens is 1. The summed E-state index contributed by atoms with van der Waals surface area (Å²) in [4.78, 5) is 0. The number of nitrogen functional groups attached to an aromatic ring is 1. The molecule has 0 saturated heterocycles. The fraction of sp³-hybridized carbons (Fsp3) is 0.438. The van der Waals surface area contributed by atoms with Crippen LogP contribution in [0.5, 0.6) is 0 Å². The zero-order valence-corrected chi connectivity index (χ0v) is 11.4. The molecule has 1 saturated carbocycles. The van der Waals surface area contributed by atoms with Crippen LogP contribution in [-0.2, 0) is 6.42 Å². The molecule has 2 N–H and O–H groups in total. The number of benzene rings is 1. The van der Waals surface area contributed by atoms with Gasteiger partial charge in [-0.15, -0.1) is 0 Å². The number of hydrogen-bond donors (Lipinski definition) is 1. The number of aryl methyl sites for hydroxylation is 1. The van der Waals surface area contributed by atoms with Crippen LogP contribution in [0, 0.1) is 11.7 Å². The van der Waals surface area contributed by atoms with Crippen LogP contribution in [0.4, 0.5) is 10.2 Å². The summed E-state index contributed by atoms with van der Waals surface area (Å²) in [5.41, 5.74) is 7.37. The minimum atomic E-state index is -0.273. The van der Waals surface area contributed by atoms with Gasteiger partial charge in [0.15, 0.2) is 5.82 Å². The Morgan fingerprint density at radius 3 is 2.85 bits per heavy atom. The Kier molecular flexibility index (Phi) is 3.72. The zero-order valence-electron chi connectivity index (χ0n) is 11.4. The van der Waals surface area contributed by atoms with Crippen molar-refractivity contribution in [2.24, 2.45) is 5.92 Å². The molecular weight excluding hydrogens is 255 g/mol. The lowest BCUT2D eigenvalue weighted by molar-refractivity contribution is 0.370. The summed E-state index contributed by atoms with van der Waals surface area (Å²) >= 11 is 0. The first-order valence-electron chi connectivity index (χ1n) is 7.24. The molecule has 4 heteroatoms. The lowest BCUT2D eigenvalue weighted by Gasteiger charge is -2.07. The van der Waals surface area contributed by atoms with Gasteiger partial charge in [-0.25, -0.2) is 4.39 Å². The van der Waals surface area contributed by atoms with E-state index < -0.39 is 0 Å². The lowest BCUT2D eigenvalue weighted by Crippen LogP contribution is -1.97. The van der Waals surface area contributed by atoms with E-state index in [9.17, 15) is 4.39 Å². The van der Waals surface area contributed by atoms with Crippen LogP contribution in [-0.4, -0.2) is 5.16 Å². The number of halogens is 1. The summed E-state index contributed by atoms with van der Waals surface area (Å²) in [6.07, 6.45) is 7.19. The maximum Gasteiger partial charge on any atom is 0.175 e. The molecule has 0 atom stereocenters. The van der Waals surface area contributed by atoms with E-state index in [0.29, 0.717) is 5.82 Å². The lowest BCUT2D eigenvalue weighted by atomic mass is 9.97. The van der Waals surface area contributed by atoms with Crippen LogP contribution in [0.1, 0.15) is 37.9 Å². The van der Waals surface area contributed by atoms with Crippen LogP contribution < -0.4 is 5.73 Å². The summed E-state index contributed by atoms with van der Waals surface area (Å²) in [7, 11) is 0. The van der Waals surface area contributed by atoms with Crippen molar-refractivity contribution in [2.75, 3.05) is 5.73 Å². The van der Waals surface area contributed by atoms with E-state index in [4.69, 9.17) is 10.3 Å². The normalized spacial score (nSPS) is 15.8. The third kappa shape index (κ3) is 2.69. The smallest absolute Gasteiger partial charge is 0.175 e. The second-order valence-electron chi connectivity index (χ2n) is 5.57. The molecule has 106 valence electrons. The molecule has 1 aromatic heterocycles. The van der Waals surface area contributed by atoms with Gasteiger partial charge in [-0.3, -0.25) is 0 Å². The molecule has 1 fully saturated rings. The Morgan fingerprint density at radius 1 is 1.30 bits per heavy atom. The molecule has 2 aromatic rings. The van der Waals surface area contributed by atoms with Crippen molar-refractivity contribution in [3.05, 3.63) is 35.8 Å². The first-order chi connectivity index (χ1) is 9.74. The summed E-state index contributed by atoms with van der Waals surface area (Å²) < 4.78 is 18.7. The highest BCUT2D eigenvalue weighted by Crippen LogP contribution is 2.34. The number of nitrogens with two attached hydrogens (primary N) is 1. The standard InChI is InChI=1S/C16H19FN2O/c17-13-7-3-6-12(10-13)15-14(20-19-16(15)18)9-8-11-4-1-2-5-11/h3,6-7,10-11H,1-2,4-5,8-9H2,(H2,18,19). The minimum Gasteiger partial charge on any atom is -0.380 e. The Balaban J connectivity index is 1.81. The molecule has 3 nitrogen and oxygen atoms in total. The van der Waals surface area contributed by atoms with E-state index in [1.807, 2.05) is 6.07 Å². The summed E-state index contributed by atoms with van der Waals surface area (Å²) in [5, 5.41) is 3.85. The molecule has 0 bridgehead atoms. The van der Waals surface area contributed by atoms with Gasteiger partial charge in [-0.2, -0.15) is 0 Å². The summed E-state index contributed by atoms with van der Waals surface area (Å²) in [5.74, 6) is 1.63. The van der Waals surface area contributed by atoms with Gasteiger partial charge in [0.1, 0.15) is 11.6 Å². The number of anilines is 1. The van der Waals surface area contributed by atoms with Gasteiger partial charge in [0.25, 0.3) is 0 Å². The Bertz CT molecular complexity index is 588. The quantitative estimate of drug-likeness (QED) is 0.909. The minimum absolute atomic E-state index is 0.273. The van der Waals surface area contributed by atoms with Crippen LogP contribution in [0.15, 0.2) is 28.8 Å². The maximum atomic E-state index is 13.4. The third-order valence-corrected chi connectivity index (χ3v) is 4.16. The highest BCUT2D eigenvalue weighted by atomic mass is 19.1. The molecule has 1 aromatic carbocycles. The van der Waals surface area contributed by atoms with Crippen molar-refractivity contribution in [2.45, 2.75) is 38.5 Å². The Labute approximate surface area is 118 Å². The first kappa shape index (κ1) is 13.2. The molecule has 0 aliphatic heterocycles. The van der Waals surface area contributed by atoms with Crippen molar-refractivity contribution in [1.82, 2.24) is 5.16 Å². The monoisotopic (exact) mass is 274 g/mol. The Hall–Kier alpha value is -1.84. The van der Waals surface area contributed by atoms with Crippen LogP contribution in [0.3, 0.4) is 0 Å². The highest BCUT2D eigenvalue weighted by molar-refractivity contribution is 5.75. The molecule has 1 aliphatic carbocycles. The second-order valence-corrected chi connectivity index (χ2v) is 5.57. The van der Waals surface area contributed by atoms with Crippen molar-refractivity contribution in [3.63, 3.8) is 0 Å². The van der Waals surface area contributed by atoms with Crippen LogP contribution >= 0.6 is 0 Å². The number of rotatable bonds is 4. The van der Waals surface area contributed by atoms with Gasteiger partial charge in [0, 0.05) is 6.42 Å². The predicted molar refractivity (Wildman–Crippen MR) is 76.6 cm³/mol. The SMILES string of the molecule is Nc1noc(CCC2CCCC2)c1-c1cccc(F)c1. The van der Waals surface area contributed by atoms with Crippen LogP contribution in [0.25, 0.3) is 11.1 Å². The second kappa shape index (κ2) is 5.65. The molecule has 3 rings (SSSR count). The molecular formula is C16H19FN2O. The molecule has 0 spiro atoms. The molecule has 0 unspecified atom stereocenters. The predicted octanol–water partition coefficient (Wildman–Crippen LogP) is 4.19. The van der Waals surface area contributed by atoms with Gasteiger partial charge in [0.2, 0.25) is 0 Å². The van der Waals surface area contributed by atoms with Crippen molar-refractivity contribution in [3.8, 4) is 11.1 Å². The van der Waals surface area contributed by atoms with E-state index in [1.54, 1.807) is 6.07 Å². The zero-order chi connectivity index (χ0) is 13.9. The van der Waals surface area contributed by atoms with E-state index in [1.165, 1.54) is 37.8 Å². The van der Waals surface area contributed by atoms with E-state index in [0.717, 1.165) is 35.6 Å². The van der Waals surface area contributed by atoms with Crippen molar-refractivity contribution >= 4 is 5.82 Å². The van der Waals surface area contributed by atoms with E-state index in [-0.39, 0.29) is 5.82 Å². The number of hydrogen-bond acceptors (Lipinski definition) is 3. The highest BCUT2D eigenvalue weighted by Gasteiger charge is 2.20. The first-order valence-corrected chi connectivity index (χ1v) is 7.24. The fourth-order valence-corrected chi connectivity index (χ4v) is 3.10. The van der Waals surface area contributed by atoms with Gasteiger partial charge < -0.3 is 10.3 Å². The van der Waals surface area contributed by atoms with Crippen LogP contribution in [0.2, 0.25) is 0 Å². The molecule has 1 aliphatic rings. The third-order valence-electron chi connectivity index (χ3n) is 4.16. The van der Waals surface area contributed by atoms with Crippen molar-refractivity contribution in [1.29, 1.82) is 0 Å². The van der Waals surface area contributed by atoms with Gasteiger partial charge in [0.05, 0.1) is 5.56 Å². The average molecular weight is 274 g/mol. The maximum absolute atomic E-state index is 13.4. The largest absolute Gasteiger partial charge is 0.380 e. The Morgan fingerprint density at radius 2 is 2.10 bits per heavy atom. The van der Waals surface area contributed by atoms with E-state index >= 15 is 0 Å². The van der Waals surface area contributed by atoms with Gasteiger partial charge in [-0.05, 0) is 30.0 Å². The molecule has 20 heavy (non-hydrogen) atoms. The van der Waals surface area contributed by atoms with Crippen molar-refractivity contribution < 1.29 is 8.91 Å². The molecule has 0 amide bonds. The summed E-state index contributed by atoms with van der Waals surface area (Å²) in [6, 6.07) is 6.41. The average Bonchev–Trinajstić information content (AvgIpc) is 3.06. The fourth-order valence-electron chi connectivity index (χ4n) is 3.10. The van der Waals surface area contributed by atoms with E-state index in [2.05, 4.69) is 5.16 Å². The molecule has 0 radical (unpaired) electrons.